The van der Waals surface area contributed by atoms with E-state index < -0.39 is 0 Å². The Labute approximate surface area is 71.1 Å². The highest BCUT2D eigenvalue weighted by molar-refractivity contribution is 6.02. The molecular formula is C10H11NO. The van der Waals surface area contributed by atoms with Crippen LogP contribution < -0.4 is 10.6 Å². The third-order valence-corrected chi connectivity index (χ3v) is 1.78. The fourth-order valence-electron chi connectivity index (χ4n) is 1.17. The van der Waals surface area contributed by atoms with E-state index in [2.05, 4.69) is 13.2 Å². The Morgan fingerprint density at radius 3 is 2.67 bits per heavy atom. The summed E-state index contributed by atoms with van der Waals surface area (Å²) >= 11 is 0. The minimum Gasteiger partial charge on any atom is -0.350 e. The number of allylic oxidation sites excluding steroid dienone is 1. The molecule has 2 nitrogen and oxygen atoms in total. The first-order valence-electron chi connectivity index (χ1n) is 3.63. The minimum absolute atomic E-state index is 0.576. The zero-order valence-electron chi connectivity index (χ0n) is 7.08. The van der Waals surface area contributed by atoms with Crippen molar-refractivity contribution in [2.24, 2.45) is 7.05 Å². The van der Waals surface area contributed by atoms with Gasteiger partial charge in [-0.25, -0.2) is 0 Å². The number of carbonyl (C=O) groups excluding carboxylic acids is 1. The van der Waals surface area contributed by atoms with E-state index in [-0.39, 0.29) is 0 Å². The van der Waals surface area contributed by atoms with Gasteiger partial charge in [0.15, 0.2) is 6.29 Å². The van der Waals surface area contributed by atoms with Crippen molar-refractivity contribution in [3.63, 3.8) is 0 Å². The number of aldehydes is 1. The molecule has 0 aromatic carbocycles. The summed E-state index contributed by atoms with van der Waals surface area (Å²) in [7, 11) is 1.87. The van der Waals surface area contributed by atoms with Gasteiger partial charge in [0.2, 0.25) is 0 Å². The predicted octanol–water partition coefficient (Wildman–Crippen LogP) is -0.0290. The summed E-state index contributed by atoms with van der Waals surface area (Å²) in [5.41, 5.74) is 0.576. The highest BCUT2D eigenvalue weighted by atomic mass is 16.1. The first kappa shape index (κ1) is 8.53. The fourth-order valence-corrected chi connectivity index (χ4v) is 1.17. The Bertz CT molecular complexity index is 402. The highest BCUT2D eigenvalue weighted by Gasteiger charge is 1.95. The lowest BCUT2D eigenvalue weighted by Crippen LogP contribution is -2.29. The van der Waals surface area contributed by atoms with Crippen LogP contribution in [0.25, 0.3) is 12.2 Å². The normalized spacial score (nSPS) is 12.4. The van der Waals surface area contributed by atoms with Gasteiger partial charge in [-0.2, -0.15) is 0 Å². The topological polar surface area (TPSA) is 22.0 Å². The zero-order chi connectivity index (χ0) is 9.14. The summed E-state index contributed by atoms with van der Waals surface area (Å²) in [5.74, 6) is 0. The molecule has 0 aliphatic heterocycles. The van der Waals surface area contributed by atoms with Crippen molar-refractivity contribution in [3.8, 4) is 0 Å². The smallest absolute Gasteiger partial charge is 0.152 e. The van der Waals surface area contributed by atoms with Crippen LogP contribution >= 0.6 is 0 Å². The Morgan fingerprint density at radius 2 is 2.33 bits per heavy atom. The second-order valence-electron chi connectivity index (χ2n) is 2.58. The number of aryl methyl sites for hydroxylation is 1. The molecule has 0 N–H and O–H groups in total. The van der Waals surface area contributed by atoms with Gasteiger partial charge in [0, 0.05) is 18.8 Å². The molecule has 0 amide bonds. The molecule has 2 heteroatoms. The molecule has 0 aliphatic carbocycles. The van der Waals surface area contributed by atoms with E-state index in [1.165, 1.54) is 6.08 Å². The maximum atomic E-state index is 10.6. The lowest BCUT2D eigenvalue weighted by molar-refractivity contribution is -0.103. The molecule has 0 saturated carbocycles. The molecule has 1 rings (SSSR count). The summed E-state index contributed by atoms with van der Waals surface area (Å²) in [4.78, 5) is 10.6. The molecule has 62 valence electrons. The van der Waals surface area contributed by atoms with Gasteiger partial charge in [0.1, 0.15) is 0 Å². The summed E-state index contributed by atoms with van der Waals surface area (Å²) in [6, 6.07) is 1.86. The number of aromatic nitrogens is 1. The summed E-state index contributed by atoms with van der Waals surface area (Å²) in [5, 5.41) is 1.68. The molecule has 1 aromatic heterocycles. The van der Waals surface area contributed by atoms with E-state index in [0.717, 1.165) is 16.9 Å². The molecule has 0 fully saturated rings. The predicted molar refractivity (Wildman–Crippen MR) is 49.9 cm³/mol. The van der Waals surface area contributed by atoms with Crippen molar-refractivity contribution in [3.05, 3.63) is 35.5 Å². The standard InChI is InChI=1S/C10H11NO/c1-4-9(7-12)10-8(2)5-6-11(10)3/h4-7H,1-2H2,3H3/b10-9-. The van der Waals surface area contributed by atoms with Crippen LogP contribution in [0.5, 0.6) is 0 Å². The molecule has 1 aromatic rings. The van der Waals surface area contributed by atoms with E-state index in [1.54, 1.807) is 0 Å². The monoisotopic (exact) mass is 161 g/mol. The number of nitrogens with zero attached hydrogens (tertiary/aromatic N) is 1. The van der Waals surface area contributed by atoms with Crippen LogP contribution in [0.1, 0.15) is 0 Å². The molecule has 0 atom stereocenters. The lowest BCUT2D eigenvalue weighted by atomic mass is 10.2. The molecule has 0 spiro atoms. The van der Waals surface area contributed by atoms with Crippen LogP contribution in [0.3, 0.4) is 0 Å². The first-order valence-corrected chi connectivity index (χ1v) is 3.63. The van der Waals surface area contributed by atoms with Crippen molar-refractivity contribution < 1.29 is 4.79 Å². The average Bonchev–Trinajstić information content (AvgIpc) is 2.38. The van der Waals surface area contributed by atoms with E-state index in [1.807, 2.05) is 23.9 Å². The van der Waals surface area contributed by atoms with Gasteiger partial charge in [-0.3, -0.25) is 4.79 Å². The molecule has 0 aliphatic rings. The van der Waals surface area contributed by atoms with Gasteiger partial charge in [-0.15, -0.1) is 0 Å². The maximum Gasteiger partial charge on any atom is 0.152 e. The molecule has 0 radical (unpaired) electrons. The molecule has 0 saturated heterocycles. The Hall–Kier alpha value is -1.57. The number of rotatable bonds is 2. The first-order chi connectivity index (χ1) is 5.70. The highest BCUT2D eigenvalue weighted by Crippen LogP contribution is 1.85. The van der Waals surface area contributed by atoms with Crippen molar-refractivity contribution >= 4 is 18.4 Å². The Morgan fingerprint density at radius 1 is 1.67 bits per heavy atom. The Balaban J connectivity index is 3.72. The van der Waals surface area contributed by atoms with Gasteiger partial charge in [0.25, 0.3) is 0 Å². The zero-order valence-corrected chi connectivity index (χ0v) is 7.08. The quantitative estimate of drug-likeness (QED) is 0.558. The van der Waals surface area contributed by atoms with E-state index in [4.69, 9.17) is 0 Å². The number of hydrogen-bond acceptors (Lipinski definition) is 1. The van der Waals surface area contributed by atoms with Crippen LogP contribution in [-0.2, 0) is 11.8 Å². The second-order valence-corrected chi connectivity index (χ2v) is 2.58. The van der Waals surface area contributed by atoms with Crippen LogP contribution in [0.15, 0.2) is 24.9 Å². The van der Waals surface area contributed by atoms with Crippen LogP contribution in [0.2, 0.25) is 0 Å². The van der Waals surface area contributed by atoms with E-state index in [9.17, 15) is 4.79 Å². The van der Waals surface area contributed by atoms with Crippen LogP contribution in [0.4, 0.5) is 0 Å². The fraction of sp³-hybridized carbons (Fsp3) is 0.100. The molecule has 0 unspecified atom stereocenters. The van der Waals surface area contributed by atoms with Gasteiger partial charge in [0.05, 0.1) is 5.35 Å². The molecule has 12 heavy (non-hydrogen) atoms. The van der Waals surface area contributed by atoms with Crippen molar-refractivity contribution in [2.75, 3.05) is 0 Å². The Kier molecular flexibility index (Phi) is 2.29. The van der Waals surface area contributed by atoms with Crippen molar-refractivity contribution in [1.82, 2.24) is 4.57 Å². The second kappa shape index (κ2) is 3.22. The average molecular weight is 161 g/mol. The molecule has 0 bridgehead atoms. The van der Waals surface area contributed by atoms with E-state index in [0.29, 0.717) is 5.57 Å². The van der Waals surface area contributed by atoms with E-state index >= 15 is 0 Å². The minimum atomic E-state index is 0.576. The SMILES string of the molecule is C=C/C(C=O)=c1\c(=C)ccn1C. The van der Waals surface area contributed by atoms with Crippen molar-refractivity contribution in [2.45, 2.75) is 0 Å². The largest absolute Gasteiger partial charge is 0.350 e. The number of carbonyl (C=O) groups is 1. The van der Waals surface area contributed by atoms with Gasteiger partial charge in [-0.1, -0.05) is 19.2 Å². The van der Waals surface area contributed by atoms with Crippen LogP contribution in [-0.4, -0.2) is 10.9 Å². The summed E-state index contributed by atoms with van der Waals surface area (Å²) in [6.07, 6.45) is 4.19. The maximum absolute atomic E-state index is 10.6. The molecular weight excluding hydrogens is 150 g/mol. The summed E-state index contributed by atoms with van der Waals surface area (Å²) in [6.45, 7) is 7.37. The van der Waals surface area contributed by atoms with Crippen LogP contribution in [0, 0.1) is 0 Å². The van der Waals surface area contributed by atoms with Gasteiger partial charge >= 0.3 is 0 Å². The third kappa shape index (κ3) is 1.23. The van der Waals surface area contributed by atoms with Crippen molar-refractivity contribution in [1.29, 1.82) is 0 Å². The molecule has 1 heterocycles. The van der Waals surface area contributed by atoms with Gasteiger partial charge in [-0.05, 0) is 11.3 Å². The number of hydrogen-bond donors (Lipinski definition) is 0. The summed E-state index contributed by atoms with van der Waals surface area (Å²) < 4.78 is 1.85. The third-order valence-electron chi connectivity index (χ3n) is 1.78. The van der Waals surface area contributed by atoms with Gasteiger partial charge < -0.3 is 4.57 Å². The lowest BCUT2D eigenvalue weighted by Gasteiger charge is -1.93.